The fourth-order valence-corrected chi connectivity index (χ4v) is 4.90. The van der Waals surface area contributed by atoms with Gasteiger partial charge in [-0.2, -0.15) is 0 Å². The summed E-state index contributed by atoms with van der Waals surface area (Å²) in [6.45, 7) is 7.54. The summed E-state index contributed by atoms with van der Waals surface area (Å²) in [4.78, 5) is 41.8. The zero-order chi connectivity index (χ0) is 21.5. The summed E-state index contributed by atoms with van der Waals surface area (Å²) in [5.74, 6) is 0.448. The maximum absolute atomic E-state index is 12.9. The highest BCUT2D eigenvalue weighted by atomic mass is 16.2. The van der Waals surface area contributed by atoms with Crippen LogP contribution in [-0.4, -0.2) is 59.2 Å². The molecule has 0 spiro atoms. The van der Waals surface area contributed by atoms with Gasteiger partial charge in [0.1, 0.15) is 0 Å². The number of rotatable bonds is 4. The van der Waals surface area contributed by atoms with Crippen molar-refractivity contribution in [3.8, 4) is 0 Å². The molecule has 2 saturated heterocycles. The second-order valence-electron chi connectivity index (χ2n) is 10.1. The van der Waals surface area contributed by atoms with E-state index in [0.29, 0.717) is 25.4 Å². The Morgan fingerprint density at radius 3 is 2.53 bits per heavy atom. The minimum atomic E-state index is -0.434. The van der Waals surface area contributed by atoms with Crippen molar-refractivity contribution in [2.75, 3.05) is 19.6 Å². The van der Waals surface area contributed by atoms with Gasteiger partial charge >= 0.3 is 0 Å². The number of amides is 3. The first kappa shape index (κ1) is 20.9. The van der Waals surface area contributed by atoms with Gasteiger partial charge in [-0.15, -0.1) is 0 Å². The van der Waals surface area contributed by atoms with Crippen molar-refractivity contribution in [2.45, 2.75) is 64.5 Å². The van der Waals surface area contributed by atoms with E-state index in [2.05, 4.69) is 17.4 Å². The van der Waals surface area contributed by atoms with Crippen LogP contribution in [0, 0.1) is 11.3 Å². The number of benzene rings is 1. The number of carbonyl (C=O) groups is 3. The number of likely N-dealkylation sites (tertiary alicyclic amines) is 2. The Morgan fingerprint density at radius 2 is 1.83 bits per heavy atom. The van der Waals surface area contributed by atoms with Gasteiger partial charge in [-0.25, -0.2) is 0 Å². The maximum Gasteiger partial charge on any atom is 0.227 e. The van der Waals surface area contributed by atoms with Gasteiger partial charge in [-0.05, 0) is 24.8 Å². The van der Waals surface area contributed by atoms with Crippen molar-refractivity contribution in [1.82, 2.24) is 15.1 Å². The fourth-order valence-electron chi connectivity index (χ4n) is 4.90. The normalized spacial score (nSPS) is 29.1. The van der Waals surface area contributed by atoms with Crippen molar-refractivity contribution in [3.05, 3.63) is 35.9 Å². The lowest BCUT2D eigenvalue weighted by Crippen LogP contribution is -2.50. The van der Waals surface area contributed by atoms with Gasteiger partial charge in [0.05, 0.1) is 12.0 Å². The third-order valence-electron chi connectivity index (χ3n) is 6.61. The molecule has 30 heavy (non-hydrogen) atoms. The molecule has 0 aromatic heterocycles. The first-order chi connectivity index (χ1) is 14.2. The summed E-state index contributed by atoms with van der Waals surface area (Å²) < 4.78 is 0. The van der Waals surface area contributed by atoms with E-state index >= 15 is 0 Å². The molecule has 4 atom stereocenters. The highest BCUT2D eigenvalue weighted by molar-refractivity contribution is 5.85. The standard InChI is InChI=1S/C24H33N3O3/c1-24(2,3)23(30)26-11-7-10-17(14-26)22(29)25-18-12-21(28)27(15-18)20-13-19(20)16-8-5-4-6-9-16/h4-6,8-9,17-20H,7,10-15H2,1-3H3,(H,25,29)/t17-,18+,19+,20+/m0/s1. The van der Waals surface area contributed by atoms with Crippen LogP contribution in [0.2, 0.25) is 0 Å². The van der Waals surface area contributed by atoms with E-state index in [0.717, 1.165) is 25.8 Å². The number of nitrogens with one attached hydrogen (secondary N) is 1. The molecular formula is C24H33N3O3. The van der Waals surface area contributed by atoms with Crippen LogP contribution in [0.3, 0.4) is 0 Å². The molecule has 1 aromatic rings. The monoisotopic (exact) mass is 411 g/mol. The van der Waals surface area contributed by atoms with Gasteiger partial charge < -0.3 is 15.1 Å². The molecule has 4 rings (SSSR count). The summed E-state index contributed by atoms with van der Waals surface area (Å²) in [5, 5.41) is 3.11. The zero-order valence-electron chi connectivity index (χ0n) is 18.3. The first-order valence-electron chi connectivity index (χ1n) is 11.2. The van der Waals surface area contributed by atoms with Gasteiger partial charge in [0, 0.05) is 43.4 Å². The number of hydrogen-bond donors (Lipinski definition) is 1. The van der Waals surface area contributed by atoms with Crippen molar-refractivity contribution in [2.24, 2.45) is 11.3 Å². The average Bonchev–Trinajstić information content (AvgIpc) is 3.44. The number of hydrogen-bond acceptors (Lipinski definition) is 3. The Labute approximate surface area is 179 Å². The average molecular weight is 412 g/mol. The fraction of sp³-hybridized carbons (Fsp3) is 0.625. The Kier molecular flexibility index (Phi) is 5.60. The summed E-state index contributed by atoms with van der Waals surface area (Å²) in [5.41, 5.74) is 0.852. The third-order valence-corrected chi connectivity index (χ3v) is 6.61. The zero-order valence-corrected chi connectivity index (χ0v) is 18.3. The number of carbonyl (C=O) groups excluding carboxylic acids is 3. The molecule has 0 radical (unpaired) electrons. The predicted molar refractivity (Wildman–Crippen MR) is 115 cm³/mol. The molecule has 1 aliphatic carbocycles. The van der Waals surface area contributed by atoms with Crippen LogP contribution in [0.1, 0.15) is 57.9 Å². The van der Waals surface area contributed by atoms with Gasteiger partial charge in [0.25, 0.3) is 0 Å². The van der Waals surface area contributed by atoms with E-state index in [9.17, 15) is 14.4 Å². The van der Waals surface area contributed by atoms with Crippen molar-refractivity contribution in [3.63, 3.8) is 0 Å². The SMILES string of the molecule is CC(C)(C)C(=O)N1CCC[C@H](C(=O)N[C@@H]2CC(=O)N([C@@H]3C[C@@H]3c3ccccc3)C2)C1. The Morgan fingerprint density at radius 1 is 1.10 bits per heavy atom. The maximum atomic E-state index is 12.9. The predicted octanol–water partition coefficient (Wildman–Crippen LogP) is 2.54. The van der Waals surface area contributed by atoms with E-state index in [1.165, 1.54) is 5.56 Å². The van der Waals surface area contributed by atoms with Crippen LogP contribution in [0.4, 0.5) is 0 Å². The molecule has 162 valence electrons. The Hall–Kier alpha value is -2.37. The molecule has 2 aliphatic heterocycles. The molecule has 1 aromatic carbocycles. The van der Waals surface area contributed by atoms with Crippen LogP contribution in [0.15, 0.2) is 30.3 Å². The third kappa shape index (κ3) is 4.37. The number of piperidine rings is 1. The van der Waals surface area contributed by atoms with Gasteiger partial charge in [0.2, 0.25) is 17.7 Å². The van der Waals surface area contributed by atoms with Gasteiger partial charge in [-0.3, -0.25) is 14.4 Å². The summed E-state index contributed by atoms with van der Waals surface area (Å²) in [7, 11) is 0. The van der Waals surface area contributed by atoms with E-state index in [4.69, 9.17) is 0 Å². The molecule has 3 fully saturated rings. The smallest absolute Gasteiger partial charge is 0.227 e. The summed E-state index contributed by atoms with van der Waals surface area (Å²) >= 11 is 0. The van der Waals surface area contributed by atoms with Crippen molar-refractivity contribution in [1.29, 1.82) is 0 Å². The van der Waals surface area contributed by atoms with Crippen molar-refractivity contribution < 1.29 is 14.4 Å². The molecule has 1 saturated carbocycles. The minimum absolute atomic E-state index is 0.0172. The molecule has 2 heterocycles. The minimum Gasteiger partial charge on any atom is -0.351 e. The van der Waals surface area contributed by atoms with E-state index in [1.807, 2.05) is 48.8 Å². The van der Waals surface area contributed by atoms with Gasteiger partial charge in [0.15, 0.2) is 0 Å². The quantitative estimate of drug-likeness (QED) is 0.828. The topological polar surface area (TPSA) is 69.7 Å². The van der Waals surface area contributed by atoms with E-state index < -0.39 is 5.41 Å². The molecule has 0 unspecified atom stereocenters. The Balaban J connectivity index is 1.30. The van der Waals surface area contributed by atoms with Crippen LogP contribution in [-0.2, 0) is 14.4 Å². The number of nitrogens with zero attached hydrogens (tertiary/aromatic N) is 2. The molecule has 3 aliphatic rings. The second-order valence-corrected chi connectivity index (χ2v) is 10.1. The van der Waals surface area contributed by atoms with Crippen LogP contribution < -0.4 is 5.32 Å². The largest absolute Gasteiger partial charge is 0.351 e. The first-order valence-corrected chi connectivity index (χ1v) is 11.2. The summed E-state index contributed by atoms with van der Waals surface area (Å²) in [6, 6.07) is 10.5. The molecule has 6 heteroatoms. The van der Waals surface area contributed by atoms with Crippen LogP contribution >= 0.6 is 0 Å². The van der Waals surface area contributed by atoms with E-state index in [-0.39, 0.29) is 35.7 Å². The molecule has 3 amide bonds. The molecule has 1 N–H and O–H groups in total. The highest BCUT2D eigenvalue weighted by Crippen LogP contribution is 2.45. The Bertz CT molecular complexity index is 817. The molecule has 6 nitrogen and oxygen atoms in total. The van der Waals surface area contributed by atoms with Crippen molar-refractivity contribution >= 4 is 17.7 Å². The van der Waals surface area contributed by atoms with Gasteiger partial charge in [-0.1, -0.05) is 51.1 Å². The lowest BCUT2D eigenvalue weighted by molar-refractivity contribution is -0.142. The van der Waals surface area contributed by atoms with Crippen LogP contribution in [0.5, 0.6) is 0 Å². The molecule has 0 bridgehead atoms. The van der Waals surface area contributed by atoms with E-state index in [1.54, 1.807) is 0 Å². The summed E-state index contributed by atoms with van der Waals surface area (Å²) in [6.07, 6.45) is 3.02. The second kappa shape index (κ2) is 8.05. The van der Waals surface area contributed by atoms with Crippen LogP contribution in [0.25, 0.3) is 0 Å². The lowest BCUT2D eigenvalue weighted by Gasteiger charge is -2.36. The molecular weight excluding hydrogens is 378 g/mol. The lowest BCUT2D eigenvalue weighted by atomic mass is 9.91. The highest BCUT2D eigenvalue weighted by Gasteiger charge is 2.48.